The highest BCUT2D eigenvalue weighted by Crippen LogP contribution is 1.77. The number of ether oxygens (including phenoxy) is 2. The van der Waals surface area contributed by atoms with Gasteiger partial charge in [-0.3, -0.25) is 4.99 Å². The van der Waals surface area contributed by atoms with Crippen molar-refractivity contribution in [2.24, 2.45) is 4.99 Å². The van der Waals surface area contributed by atoms with Gasteiger partial charge in [0.15, 0.2) is 0 Å². The molecule has 52 valence electrons. The van der Waals surface area contributed by atoms with Crippen molar-refractivity contribution in [2.75, 3.05) is 20.3 Å². The number of nitrogens with zero attached hydrogens (tertiary/aromatic N) is 1. The molecule has 0 aromatic heterocycles. The zero-order valence-corrected chi connectivity index (χ0v) is 5.54. The van der Waals surface area contributed by atoms with E-state index in [0.717, 1.165) is 0 Å². The van der Waals surface area contributed by atoms with E-state index in [1.54, 1.807) is 7.11 Å². The molecule has 0 spiro atoms. The van der Waals surface area contributed by atoms with E-state index < -0.39 is 0 Å². The minimum absolute atomic E-state index is 0.559. The minimum Gasteiger partial charge on any atom is -0.501 e. The zero-order chi connectivity index (χ0) is 6.95. The fraction of sp³-hybridized carbons (Fsp3) is 0.500. The fourth-order valence-corrected chi connectivity index (χ4v) is 0.280. The van der Waals surface area contributed by atoms with E-state index in [0.29, 0.717) is 13.2 Å². The summed E-state index contributed by atoms with van der Waals surface area (Å²) >= 11 is 0. The molecule has 0 fully saturated rings. The van der Waals surface area contributed by atoms with Gasteiger partial charge in [0.05, 0.1) is 13.7 Å². The quantitative estimate of drug-likeness (QED) is 0.312. The monoisotopic (exact) mass is 129 g/mol. The fourth-order valence-electron chi connectivity index (χ4n) is 0.280. The van der Waals surface area contributed by atoms with Crippen molar-refractivity contribution >= 4 is 6.72 Å². The van der Waals surface area contributed by atoms with E-state index in [9.17, 15) is 0 Å². The van der Waals surface area contributed by atoms with E-state index in [4.69, 9.17) is 4.74 Å². The molecule has 0 aromatic carbocycles. The first kappa shape index (κ1) is 8.01. The highest BCUT2D eigenvalue weighted by Gasteiger charge is 1.75. The number of hydrogen-bond donors (Lipinski definition) is 0. The summed E-state index contributed by atoms with van der Waals surface area (Å²) in [6.45, 7) is 4.47. The van der Waals surface area contributed by atoms with E-state index in [2.05, 4.69) is 16.4 Å². The normalized spacial score (nSPS) is 9.44. The smallest absolute Gasteiger partial charge is 0.117 e. The van der Waals surface area contributed by atoms with Crippen LogP contribution in [0.5, 0.6) is 0 Å². The van der Waals surface area contributed by atoms with Gasteiger partial charge in [-0.15, -0.1) is 0 Å². The van der Waals surface area contributed by atoms with Crippen molar-refractivity contribution in [1.29, 1.82) is 0 Å². The largest absolute Gasteiger partial charge is 0.501 e. The van der Waals surface area contributed by atoms with Crippen LogP contribution in [0.3, 0.4) is 0 Å². The Hall–Kier alpha value is -0.990. The summed E-state index contributed by atoms with van der Waals surface area (Å²) in [7, 11) is 1.56. The van der Waals surface area contributed by atoms with Gasteiger partial charge in [0.2, 0.25) is 0 Å². The maximum Gasteiger partial charge on any atom is 0.117 e. The van der Waals surface area contributed by atoms with Gasteiger partial charge in [-0.25, -0.2) is 0 Å². The van der Waals surface area contributed by atoms with Crippen LogP contribution < -0.4 is 0 Å². The summed E-state index contributed by atoms with van der Waals surface area (Å²) < 4.78 is 9.45. The predicted molar refractivity (Wildman–Crippen MR) is 36.5 cm³/mol. The lowest BCUT2D eigenvalue weighted by molar-refractivity contribution is 0.236. The van der Waals surface area contributed by atoms with Crippen LogP contribution in [0.15, 0.2) is 17.5 Å². The average Bonchev–Trinajstić information content (AvgIpc) is 1.89. The molecule has 0 saturated carbocycles. The lowest BCUT2D eigenvalue weighted by Gasteiger charge is -1.93. The van der Waals surface area contributed by atoms with Crippen molar-refractivity contribution in [3.63, 3.8) is 0 Å². The summed E-state index contributed by atoms with van der Waals surface area (Å²) in [4.78, 5) is 3.58. The Kier molecular flexibility index (Phi) is 6.24. The topological polar surface area (TPSA) is 30.8 Å². The number of aliphatic imine (C=N–C) groups is 1. The van der Waals surface area contributed by atoms with Gasteiger partial charge in [0.25, 0.3) is 0 Å². The number of hydrogen-bond acceptors (Lipinski definition) is 3. The van der Waals surface area contributed by atoms with E-state index in [-0.39, 0.29) is 0 Å². The lowest BCUT2D eigenvalue weighted by atomic mass is 10.7. The highest BCUT2D eigenvalue weighted by atomic mass is 16.5. The molecule has 0 rings (SSSR count). The minimum atomic E-state index is 0.559. The molecular formula is C6H11NO2. The SMILES string of the molecule is C=NCCO/C=C\OC. The number of methoxy groups -OCH3 is 1. The van der Waals surface area contributed by atoms with Gasteiger partial charge in [-0.1, -0.05) is 0 Å². The lowest BCUT2D eigenvalue weighted by Crippen LogP contribution is -1.90. The molecule has 3 heteroatoms. The van der Waals surface area contributed by atoms with Gasteiger partial charge in [0, 0.05) is 0 Å². The van der Waals surface area contributed by atoms with Crippen LogP contribution in [0.2, 0.25) is 0 Å². The molecular weight excluding hydrogens is 118 g/mol. The first-order valence-electron chi connectivity index (χ1n) is 2.63. The third-order valence-electron chi connectivity index (χ3n) is 0.655. The van der Waals surface area contributed by atoms with Crippen molar-refractivity contribution in [2.45, 2.75) is 0 Å². The van der Waals surface area contributed by atoms with Crippen LogP contribution in [0, 0.1) is 0 Å². The molecule has 0 heterocycles. The van der Waals surface area contributed by atoms with Gasteiger partial charge in [-0.05, 0) is 6.72 Å². The number of rotatable bonds is 5. The summed E-state index contributed by atoms with van der Waals surface area (Å²) in [5, 5.41) is 0. The van der Waals surface area contributed by atoms with E-state index in [1.807, 2.05) is 0 Å². The molecule has 0 aromatic rings. The predicted octanol–water partition coefficient (Wildman–Crippen LogP) is 0.821. The zero-order valence-electron chi connectivity index (χ0n) is 5.54. The maximum absolute atomic E-state index is 4.88. The molecule has 0 unspecified atom stereocenters. The molecule has 0 N–H and O–H groups in total. The first-order valence-corrected chi connectivity index (χ1v) is 2.63. The maximum atomic E-state index is 4.88. The summed E-state index contributed by atoms with van der Waals surface area (Å²) in [5.74, 6) is 0. The van der Waals surface area contributed by atoms with E-state index in [1.165, 1.54) is 12.5 Å². The summed E-state index contributed by atoms with van der Waals surface area (Å²) in [6, 6.07) is 0. The third kappa shape index (κ3) is 7.01. The summed E-state index contributed by atoms with van der Waals surface area (Å²) in [6.07, 6.45) is 2.94. The Morgan fingerprint density at radius 2 is 2.33 bits per heavy atom. The van der Waals surface area contributed by atoms with Gasteiger partial charge < -0.3 is 9.47 Å². The van der Waals surface area contributed by atoms with Gasteiger partial charge >= 0.3 is 0 Å². The Bertz CT molecular complexity index is 91.1. The second kappa shape index (κ2) is 7.01. The van der Waals surface area contributed by atoms with Crippen molar-refractivity contribution < 1.29 is 9.47 Å². The summed E-state index contributed by atoms with van der Waals surface area (Å²) in [5.41, 5.74) is 0. The van der Waals surface area contributed by atoms with Crippen LogP contribution in [0.1, 0.15) is 0 Å². The third-order valence-corrected chi connectivity index (χ3v) is 0.655. The second-order valence-corrected chi connectivity index (χ2v) is 1.33. The Morgan fingerprint density at radius 1 is 1.56 bits per heavy atom. The van der Waals surface area contributed by atoms with Gasteiger partial charge in [-0.2, -0.15) is 0 Å². The molecule has 0 saturated heterocycles. The molecule has 0 bridgehead atoms. The second-order valence-electron chi connectivity index (χ2n) is 1.33. The van der Waals surface area contributed by atoms with Crippen LogP contribution in [-0.2, 0) is 9.47 Å². The van der Waals surface area contributed by atoms with Crippen LogP contribution >= 0.6 is 0 Å². The molecule has 0 aliphatic carbocycles. The van der Waals surface area contributed by atoms with Crippen molar-refractivity contribution in [1.82, 2.24) is 0 Å². The molecule has 0 amide bonds. The molecule has 0 aliphatic heterocycles. The first-order chi connectivity index (χ1) is 4.41. The molecule has 9 heavy (non-hydrogen) atoms. The van der Waals surface area contributed by atoms with Crippen LogP contribution in [0.4, 0.5) is 0 Å². The Labute approximate surface area is 55.0 Å². The van der Waals surface area contributed by atoms with Crippen molar-refractivity contribution in [3.8, 4) is 0 Å². The average molecular weight is 129 g/mol. The van der Waals surface area contributed by atoms with Crippen LogP contribution in [-0.4, -0.2) is 27.0 Å². The Morgan fingerprint density at radius 3 is 2.89 bits per heavy atom. The van der Waals surface area contributed by atoms with Crippen LogP contribution in [0.25, 0.3) is 0 Å². The van der Waals surface area contributed by atoms with E-state index >= 15 is 0 Å². The van der Waals surface area contributed by atoms with Gasteiger partial charge in [0.1, 0.15) is 19.1 Å². The molecule has 0 radical (unpaired) electrons. The standard InChI is InChI=1S/C6H11NO2/c1-7-3-4-9-6-5-8-2/h5-6H,1,3-4H2,2H3/b6-5-. The highest BCUT2D eigenvalue weighted by molar-refractivity contribution is 5.23. The molecule has 0 atom stereocenters. The van der Waals surface area contributed by atoms with Crippen molar-refractivity contribution in [3.05, 3.63) is 12.5 Å². The molecule has 0 aliphatic rings. The Balaban J connectivity index is 2.90. The molecule has 3 nitrogen and oxygen atoms in total.